The van der Waals surface area contributed by atoms with Crippen LogP contribution in [0.1, 0.15) is 23.1 Å². The van der Waals surface area contributed by atoms with E-state index in [-0.39, 0.29) is 18.0 Å². The van der Waals surface area contributed by atoms with Crippen molar-refractivity contribution in [3.8, 4) is 0 Å². The zero-order valence-corrected chi connectivity index (χ0v) is 10.0. The average Bonchev–Trinajstić information content (AvgIpc) is 2.86. The Morgan fingerprint density at radius 3 is 2.72 bits per heavy atom. The summed E-state index contributed by atoms with van der Waals surface area (Å²) in [6, 6.07) is 2.72. The number of aldehydes is 1. The van der Waals surface area contributed by atoms with Crippen molar-refractivity contribution in [2.45, 2.75) is 18.8 Å². The number of rotatable bonds is 6. The second-order valence-electron chi connectivity index (χ2n) is 3.50. The van der Waals surface area contributed by atoms with Gasteiger partial charge < -0.3 is 24.7 Å². The van der Waals surface area contributed by atoms with Crippen LogP contribution < -0.4 is 0 Å². The Balaban J connectivity index is 3.12. The van der Waals surface area contributed by atoms with E-state index in [4.69, 9.17) is 4.74 Å². The van der Waals surface area contributed by atoms with E-state index in [9.17, 15) is 19.8 Å². The van der Waals surface area contributed by atoms with Crippen molar-refractivity contribution in [3.05, 3.63) is 23.5 Å². The summed E-state index contributed by atoms with van der Waals surface area (Å²) in [5.41, 5.74) is 0.171. The number of ether oxygens (including phenoxy) is 2. The first-order valence-electron chi connectivity index (χ1n) is 5.26. The highest BCUT2D eigenvalue weighted by Crippen LogP contribution is 2.26. The lowest BCUT2D eigenvalue weighted by Gasteiger charge is -2.29. The third kappa shape index (κ3) is 2.58. The molecular formula is C11H15NO6. The highest BCUT2D eigenvalue weighted by molar-refractivity contribution is 5.76. The SMILES string of the molecule is CCOC(O)(c1ccc(C=O)[nH]1)C(O)C(=O)OC. The zero-order valence-electron chi connectivity index (χ0n) is 10.0. The molecular weight excluding hydrogens is 242 g/mol. The molecule has 2 unspecified atom stereocenters. The number of carbonyl (C=O) groups is 2. The fraction of sp³-hybridized carbons (Fsp3) is 0.455. The Hall–Kier alpha value is -1.70. The van der Waals surface area contributed by atoms with Crippen molar-refractivity contribution in [2.75, 3.05) is 13.7 Å². The topological polar surface area (TPSA) is 109 Å². The minimum atomic E-state index is -2.29. The summed E-state index contributed by atoms with van der Waals surface area (Å²) in [7, 11) is 1.07. The molecule has 0 fully saturated rings. The molecule has 0 radical (unpaired) electrons. The van der Waals surface area contributed by atoms with E-state index < -0.39 is 17.9 Å². The number of hydrogen-bond donors (Lipinski definition) is 3. The second-order valence-corrected chi connectivity index (χ2v) is 3.50. The van der Waals surface area contributed by atoms with Crippen molar-refractivity contribution in [1.82, 2.24) is 4.98 Å². The number of aromatic amines is 1. The molecule has 0 amide bonds. The van der Waals surface area contributed by atoms with Gasteiger partial charge in [-0.05, 0) is 19.1 Å². The van der Waals surface area contributed by atoms with Crippen LogP contribution in [0.3, 0.4) is 0 Å². The predicted molar refractivity (Wildman–Crippen MR) is 59.7 cm³/mol. The Kier molecular flexibility index (Phi) is 4.60. The third-order valence-corrected chi connectivity index (χ3v) is 2.38. The molecule has 0 aliphatic heterocycles. The molecule has 1 aromatic rings. The Bertz CT molecular complexity index is 429. The van der Waals surface area contributed by atoms with Crippen molar-refractivity contribution in [2.24, 2.45) is 0 Å². The summed E-state index contributed by atoms with van der Waals surface area (Å²) < 4.78 is 9.36. The van der Waals surface area contributed by atoms with E-state index in [1.807, 2.05) is 0 Å². The van der Waals surface area contributed by atoms with Gasteiger partial charge in [-0.1, -0.05) is 0 Å². The number of methoxy groups -OCH3 is 1. The van der Waals surface area contributed by atoms with E-state index in [0.29, 0.717) is 6.29 Å². The normalized spacial score (nSPS) is 15.8. The van der Waals surface area contributed by atoms with Gasteiger partial charge in [0.15, 0.2) is 6.29 Å². The van der Waals surface area contributed by atoms with Crippen LogP contribution in [0.4, 0.5) is 0 Å². The summed E-state index contributed by atoms with van der Waals surface area (Å²) in [5.74, 6) is -3.34. The number of H-pyrrole nitrogens is 1. The van der Waals surface area contributed by atoms with Crippen molar-refractivity contribution in [1.29, 1.82) is 0 Å². The van der Waals surface area contributed by atoms with Crippen LogP contribution in [0.2, 0.25) is 0 Å². The largest absolute Gasteiger partial charge is 0.467 e. The number of aliphatic hydroxyl groups is 2. The van der Waals surface area contributed by atoms with Gasteiger partial charge in [-0.25, -0.2) is 4.79 Å². The van der Waals surface area contributed by atoms with Crippen molar-refractivity contribution in [3.63, 3.8) is 0 Å². The van der Waals surface area contributed by atoms with Crippen LogP contribution in [-0.4, -0.2) is 47.3 Å². The van der Waals surface area contributed by atoms with Gasteiger partial charge in [0.2, 0.25) is 11.9 Å². The molecule has 1 heterocycles. The predicted octanol–water partition coefficient (Wildman–Crippen LogP) is -0.457. The Morgan fingerprint density at radius 2 is 2.28 bits per heavy atom. The fourth-order valence-electron chi connectivity index (χ4n) is 1.49. The van der Waals surface area contributed by atoms with Gasteiger partial charge in [0.1, 0.15) is 0 Å². The summed E-state index contributed by atoms with van der Waals surface area (Å²) in [6.45, 7) is 1.62. The highest BCUT2D eigenvalue weighted by Gasteiger charge is 2.45. The number of aliphatic hydroxyl groups excluding tert-OH is 1. The van der Waals surface area contributed by atoms with Crippen LogP contribution in [-0.2, 0) is 20.1 Å². The summed E-state index contributed by atoms with van der Waals surface area (Å²) in [4.78, 5) is 24.4. The molecule has 0 aromatic carbocycles. The lowest BCUT2D eigenvalue weighted by molar-refractivity contribution is -0.266. The van der Waals surface area contributed by atoms with E-state index in [1.165, 1.54) is 12.1 Å². The molecule has 0 saturated heterocycles. The maximum absolute atomic E-state index is 11.3. The lowest BCUT2D eigenvalue weighted by atomic mass is 10.1. The van der Waals surface area contributed by atoms with Gasteiger partial charge in [-0.3, -0.25) is 4.79 Å². The molecule has 2 atom stereocenters. The molecule has 0 saturated carbocycles. The maximum atomic E-state index is 11.3. The fourth-order valence-corrected chi connectivity index (χ4v) is 1.49. The van der Waals surface area contributed by atoms with Gasteiger partial charge in [0, 0.05) is 6.61 Å². The summed E-state index contributed by atoms with van der Waals surface area (Å²) >= 11 is 0. The van der Waals surface area contributed by atoms with Crippen molar-refractivity contribution >= 4 is 12.3 Å². The molecule has 1 rings (SSSR count). The van der Waals surface area contributed by atoms with E-state index in [2.05, 4.69) is 9.72 Å². The number of aromatic nitrogens is 1. The molecule has 100 valence electrons. The minimum absolute atomic E-state index is 0.00986. The molecule has 0 aliphatic rings. The van der Waals surface area contributed by atoms with Crippen LogP contribution in [0.25, 0.3) is 0 Å². The van der Waals surface area contributed by atoms with Gasteiger partial charge in [0.25, 0.3) is 0 Å². The number of hydrogen-bond acceptors (Lipinski definition) is 6. The third-order valence-electron chi connectivity index (χ3n) is 2.38. The molecule has 0 aliphatic carbocycles. The zero-order chi connectivity index (χ0) is 13.8. The molecule has 0 bridgehead atoms. The van der Waals surface area contributed by atoms with Gasteiger partial charge in [0.05, 0.1) is 18.5 Å². The summed E-state index contributed by atoms with van der Waals surface area (Å²) in [6.07, 6.45) is -1.40. The summed E-state index contributed by atoms with van der Waals surface area (Å²) in [5, 5.41) is 20.0. The molecule has 7 nitrogen and oxygen atoms in total. The van der Waals surface area contributed by atoms with Crippen LogP contribution in [0, 0.1) is 0 Å². The average molecular weight is 257 g/mol. The smallest absolute Gasteiger partial charge is 0.340 e. The Labute approximate surface area is 103 Å². The highest BCUT2D eigenvalue weighted by atomic mass is 16.6. The van der Waals surface area contributed by atoms with Crippen LogP contribution in [0.5, 0.6) is 0 Å². The van der Waals surface area contributed by atoms with E-state index >= 15 is 0 Å². The van der Waals surface area contributed by atoms with Crippen LogP contribution >= 0.6 is 0 Å². The van der Waals surface area contributed by atoms with Gasteiger partial charge in [-0.15, -0.1) is 0 Å². The number of nitrogens with one attached hydrogen (secondary N) is 1. The Morgan fingerprint density at radius 1 is 1.61 bits per heavy atom. The number of esters is 1. The molecule has 1 aromatic heterocycles. The molecule has 0 spiro atoms. The van der Waals surface area contributed by atoms with Gasteiger partial charge in [-0.2, -0.15) is 0 Å². The van der Waals surface area contributed by atoms with E-state index in [0.717, 1.165) is 7.11 Å². The second kappa shape index (κ2) is 5.76. The first-order valence-corrected chi connectivity index (χ1v) is 5.26. The van der Waals surface area contributed by atoms with E-state index in [1.54, 1.807) is 6.92 Å². The maximum Gasteiger partial charge on any atom is 0.340 e. The first-order chi connectivity index (χ1) is 8.49. The van der Waals surface area contributed by atoms with Crippen molar-refractivity contribution < 1.29 is 29.3 Å². The first kappa shape index (κ1) is 14.4. The standard InChI is InChI=1S/C11H15NO6/c1-3-18-11(16,9(14)10(15)17-2)8-5-4-7(6-13)12-8/h4-6,9,12,14,16H,3H2,1-2H3. The van der Waals surface area contributed by atoms with Crippen LogP contribution in [0.15, 0.2) is 12.1 Å². The lowest BCUT2D eigenvalue weighted by Crippen LogP contribution is -2.47. The molecule has 7 heteroatoms. The quantitative estimate of drug-likeness (QED) is 0.361. The van der Waals surface area contributed by atoms with Gasteiger partial charge >= 0.3 is 5.97 Å². The minimum Gasteiger partial charge on any atom is -0.467 e. The molecule has 3 N–H and O–H groups in total. The number of carbonyl (C=O) groups excluding carboxylic acids is 2. The molecule has 18 heavy (non-hydrogen) atoms. The monoisotopic (exact) mass is 257 g/mol.